The van der Waals surface area contributed by atoms with E-state index in [2.05, 4.69) is 8.67 Å². The monoisotopic (exact) mass is 278 g/mol. The van der Waals surface area contributed by atoms with Crippen LogP contribution in [-0.4, -0.2) is 38.8 Å². The first-order valence-electron chi connectivity index (χ1n) is 2.06. The minimum absolute atomic E-state index is 0.145. The molecule has 0 aromatic heterocycles. The summed E-state index contributed by atoms with van der Waals surface area (Å²) >= 11 is -0.290. The van der Waals surface area contributed by atoms with E-state index in [1.54, 1.807) is 0 Å². The number of carbonyl (C=O) groups is 2. The van der Waals surface area contributed by atoms with Crippen molar-refractivity contribution in [1.82, 2.24) is 8.67 Å². The summed E-state index contributed by atoms with van der Waals surface area (Å²) in [6.45, 7) is 0. The summed E-state index contributed by atoms with van der Waals surface area (Å²) in [5.74, 6) is 0. The van der Waals surface area contributed by atoms with E-state index >= 15 is 0 Å². The summed E-state index contributed by atoms with van der Waals surface area (Å²) in [7, 11) is 0. The molecular formula is C2H6N4O2Se2. The summed E-state index contributed by atoms with van der Waals surface area (Å²) in [5.41, 5.74) is 9.48. The van der Waals surface area contributed by atoms with Gasteiger partial charge >= 0.3 is 68.5 Å². The Morgan fingerprint density at radius 1 is 1.00 bits per heavy atom. The van der Waals surface area contributed by atoms with Gasteiger partial charge < -0.3 is 0 Å². The van der Waals surface area contributed by atoms with Gasteiger partial charge in [-0.1, -0.05) is 0 Å². The zero-order valence-electron chi connectivity index (χ0n) is 4.79. The Balaban J connectivity index is 3.06. The molecule has 0 saturated carbocycles. The first kappa shape index (κ1) is 9.58. The molecule has 6 N–H and O–H groups in total. The molecule has 0 spiro atoms. The second-order valence-corrected chi connectivity index (χ2v) is 6.29. The summed E-state index contributed by atoms with van der Waals surface area (Å²) in [5, 5.41) is 0. The van der Waals surface area contributed by atoms with Crippen molar-refractivity contribution in [2.75, 3.05) is 0 Å². The first-order chi connectivity index (χ1) is 4.63. The zero-order chi connectivity index (χ0) is 7.98. The quantitative estimate of drug-likeness (QED) is 0.337. The van der Waals surface area contributed by atoms with Crippen LogP contribution in [0, 0.1) is 0 Å². The van der Waals surface area contributed by atoms with E-state index in [0.717, 1.165) is 0 Å². The number of carbonyl (C=O) groups excluding carboxylic acids is 2. The topological polar surface area (TPSA) is 110 Å². The Morgan fingerprint density at radius 2 is 1.30 bits per heavy atom. The summed E-state index contributed by atoms with van der Waals surface area (Å²) in [6, 6.07) is -1.15. The van der Waals surface area contributed by atoms with Crippen LogP contribution in [0.2, 0.25) is 0 Å². The zero-order valence-corrected chi connectivity index (χ0v) is 8.21. The molecule has 0 aliphatic heterocycles. The van der Waals surface area contributed by atoms with Crippen molar-refractivity contribution >= 4 is 38.8 Å². The number of nitrogens with two attached hydrogens (primary N) is 2. The molecule has 0 fully saturated rings. The second kappa shape index (κ2) is 5.37. The van der Waals surface area contributed by atoms with Crippen molar-refractivity contribution in [1.29, 1.82) is 0 Å². The van der Waals surface area contributed by atoms with Crippen LogP contribution in [0.15, 0.2) is 0 Å². The van der Waals surface area contributed by atoms with Gasteiger partial charge in [-0.15, -0.1) is 0 Å². The van der Waals surface area contributed by atoms with E-state index in [4.69, 9.17) is 11.5 Å². The maximum atomic E-state index is 10.0. The Bertz CT molecular complexity index is 123. The third-order valence-corrected chi connectivity index (χ3v) is 4.42. The van der Waals surface area contributed by atoms with Gasteiger partial charge in [0, 0.05) is 0 Å². The SMILES string of the molecule is NC(=O)N[Se][Se]NC(N)=O. The summed E-state index contributed by atoms with van der Waals surface area (Å²) < 4.78 is 4.72. The molecule has 6 nitrogen and oxygen atoms in total. The van der Waals surface area contributed by atoms with Gasteiger partial charge in [0.25, 0.3) is 0 Å². The molecule has 0 aliphatic carbocycles. The molecule has 0 bridgehead atoms. The Labute approximate surface area is 68.7 Å². The predicted molar refractivity (Wildman–Crippen MR) is 36.9 cm³/mol. The van der Waals surface area contributed by atoms with Crippen LogP contribution in [-0.2, 0) is 0 Å². The number of hydrogen-bond acceptors (Lipinski definition) is 2. The molecule has 0 atom stereocenters. The van der Waals surface area contributed by atoms with Crippen molar-refractivity contribution in [2.24, 2.45) is 11.5 Å². The molecule has 8 heteroatoms. The second-order valence-electron chi connectivity index (χ2n) is 1.10. The van der Waals surface area contributed by atoms with Crippen molar-refractivity contribution in [2.45, 2.75) is 0 Å². The number of rotatable bonds is 3. The van der Waals surface area contributed by atoms with Gasteiger partial charge in [-0.2, -0.15) is 0 Å². The fourth-order valence-electron chi connectivity index (χ4n) is 0.124. The molecule has 0 unspecified atom stereocenters. The van der Waals surface area contributed by atoms with E-state index in [1.807, 2.05) is 0 Å². The average molecular weight is 276 g/mol. The molecule has 0 rings (SSSR count). The molecule has 0 aliphatic rings. The fraction of sp³-hybridized carbons (Fsp3) is 0. The van der Waals surface area contributed by atoms with Crippen LogP contribution in [0.3, 0.4) is 0 Å². The Kier molecular flexibility index (Phi) is 5.14. The van der Waals surface area contributed by atoms with Gasteiger partial charge in [-0.25, -0.2) is 0 Å². The number of urea groups is 2. The summed E-state index contributed by atoms with van der Waals surface area (Å²) in [4.78, 5) is 20.1. The van der Waals surface area contributed by atoms with Crippen LogP contribution in [0.4, 0.5) is 9.59 Å². The molecule has 0 saturated heterocycles. The first-order valence-corrected chi connectivity index (χ1v) is 8.11. The third kappa shape index (κ3) is 7.58. The van der Waals surface area contributed by atoms with Crippen molar-refractivity contribution in [3.8, 4) is 0 Å². The number of hydrogen-bond donors (Lipinski definition) is 4. The van der Waals surface area contributed by atoms with Crippen molar-refractivity contribution in [3.63, 3.8) is 0 Å². The van der Waals surface area contributed by atoms with Crippen LogP contribution >= 0.6 is 0 Å². The Hall–Kier alpha value is -0.421. The van der Waals surface area contributed by atoms with Gasteiger partial charge in [-0.3, -0.25) is 0 Å². The van der Waals surface area contributed by atoms with Crippen LogP contribution in [0.25, 0.3) is 0 Å². The predicted octanol–water partition coefficient (Wildman–Crippen LogP) is -2.52. The van der Waals surface area contributed by atoms with Gasteiger partial charge in [0.05, 0.1) is 0 Å². The standard InChI is InChI=1S/C2H6N4O2Se2/c3-1(7)5-9-10-6-2(4)8/h(H3,3,5,7)(H3,4,6,8). The molecule has 0 radical (unpaired) electrons. The summed E-state index contributed by atoms with van der Waals surface area (Å²) in [6.07, 6.45) is 0. The molecule has 0 aromatic rings. The van der Waals surface area contributed by atoms with Crippen molar-refractivity contribution < 1.29 is 9.59 Å². The number of amides is 4. The van der Waals surface area contributed by atoms with Gasteiger partial charge in [-0.05, 0) is 0 Å². The molecule has 58 valence electrons. The van der Waals surface area contributed by atoms with E-state index in [-0.39, 0.29) is 26.7 Å². The molecule has 0 heterocycles. The van der Waals surface area contributed by atoms with E-state index in [1.165, 1.54) is 0 Å². The van der Waals surface area contributed by atoms with E-state index < -0.39 is 12.1 Å². The molecule has 0 aromatic carbocycles. The molecular weight excluding hydrogens is 270 g/mol. The molecule has 4 amide bonds. The Morgan fingerprint density at radius 3 is 1.50 bits per heavy atom. The minimum atomic E-state index is -0.576. The van der Waals surface area contributed by atoms with E-state index in [0.29, 0.717) is 0 Å². The van der Waals surface area contributed by atoms with Crippen molar-refractivity contribution in [3.05, 3.63) is 0 Å². The normalized spacial score (nSPS) is 8.40. The van der Waals surface area contributed by atoms with Crippen LogP contribution in [0.1, 0.15) is 0 Å². The van der Waals surface area contributed by atoms with Crippen LogP contribution in [0.5, 0.6) is 0 Å². The number of nitrogens with one attached hydrogen (secondary N) is 2. The fourth-order valence-corrected chi connectivity index (χ4v) is 3.34. The third-order valence-electron chi connectivity index (χ3n) is 0.326. The molecule has 10 heavy (non-hydrogen) atoms. The van der Waals surface area contributed by atoms with Crippen LogP contribution < -0.4 is 20.1 Å². The number of primary amides is 2. The van der Waals surface area contributed by atoms with Gasteiger partial charge in [0.2, 0.25) is 0 Å². The van der Waals surface area contributed by atoms with Gasteiger partial charge in [0.15, 0.2) is 0 Å². The van der Waals surface area contributed by atoms with E-state index in [9.17, 15) is 9.59 Å². The average Bonchev–Trinajstić information content (AvgIpc) is 1.79. The van der Waals surface area contributed by atoms with Gasteiger partial charge in [0.1, 0.15) is 0 Å². The maximum absolute atomic E-state index is 10.0.